The lowest BCUT2D eigenvalue weighted by atomic mass is 9.98. The molecule has 2 aliphatic heterocycles. The van der Waals surface area contributed by atoms with Crippen LogP contribution in [0.25, 0.3) is 6.20 Å². The van der Waals surface area contributed by atoms with Crippen molar-refractivity contribution < 1.29 is 35.5 Å². The number of aromatic nitrogens is 3. The highest BCUT2D eigenvalue weighted by atomic mass is 32.1. The van der Waals surface area contributed by atoms with Gasteiger partial charge >= 0.3 is 12.4 Å². The zero-order chi connectivity index (χ0) is 28.7. The number of benzene rings is 1. The monoisotopic (exact) mass is 590 g/mol. The zero-order valence-electron chi connectivity index (χ0n) is 21.1. The SMILES string of the molecule is COc1ccc(F)c2c1CNC(c1csc(C3CCN(C=Cn4nc(C(F)(F)F)cc4C(F)(F)F)CC3)n1)NC2. The molecular formula is C25H25F7N6OS. The number of hydrogen-bond donors (Lipinski definition) is 2. The molecule has 2 aliphatic rings. The Morgan fingerprint density at radius 3 is 2.35 bits per heavy atom. The molecular weight excluding hydrogens is 565 g/mol. The highest BCUT2D eigenvalue weighted by Crippen LogP contribution is 2.36. The molecule has 7 nitrogen and oxygen atoms in total. The first-order chi connectivity index (χ1) is 18.9. The average Bonchev–Trinajstić information content (AvgIpc) is 3.52. The van der Waals surface area contributed by atoms with Gasteiger partial charge in [-0.05, 0) is 25.0 Å². The van der Waals surface area contributed by atoms with E-state index in [9.17, 15) is 30.7 Å². The number of thiazole rings is 1. The van der Waals surface area contributed by atoms with Crippen LogP contribution in [-0.4, -0.2) is 39.9 Å². The molecule has 3 aromatic rings. The van der Waals surface area contributed by atoms with E-state index in [1.54, 1.807) is 11.0 Å². The fourth-order valence-corrected chi connectivity index (χ4v) is 5.86. The number of nitrogens with one attached hydrogen (secondary N) is 2. The summed E-state index contributed by atoms with van der Waals surface area (Å²) in [5, 5.41) is 12.6. The summed E-state index contributed by atoms with van der Waals surface area (Å²) in [5.41, 5.74) is -1.04. The molecule has 2 N–H and O–H groups in total. The van der Waals surface area contributed by atoms with Crippen LogP contribution in [0, 0.1) is 5.82 Å². The van der Waals surface area contributed by atoms with Crippen LogP contribution in [0.1, 0.15) is 58.1 Å². The summed E-state index contributed by atoms with van der Waals surface area (Å²) in [6.07, 6.45) is -6.72. The largest absolute Gasteiger partial charge is 0.496 e. The maximum Gasteiger partial charge on any atom is 0.435 e. The molecule has 2 aromatic heterocycles. The lowest BCUT2D eigenvalue weighted by Gasteiger charge is -2.30. The summed E-state index contributed by atoms with van der Waals surface area (Å²) in [6, 6.07) is 2.98. The molecule has 1 aromatic carbocycles. The molecule has 40 heavy (non-hydrogen) atoms. The van der Waals surface area contributed by atoms with E-state index in [1.807, 2.05) is 5.38 Å². The maximum absolute atomic E-state index is 14.4. The van der Waals surface area contributed by atoms with Gasteiger partial charge in [0.1, 0.15) is 23.4 Å². The fraction of sp³-hybridized carbons (Fsp3) is 0.440. The minimum absolute atomic E-state index is 0.000297. The van der Waals surface area contributed by atoms with Gasteiger partial charge in [-0.2, -0.15) is 31.4 Å². The molecule has 216 valence electrons. The molecule has 0 amide bonds. The Bertz CT molecular complexity index is 1370. The minimum atomic E-state index is -4.99. The first kappa shape index (κ1) is 28.4. The highest BCUT2D eigenvalue weighted by Gasteiger charge is 2.41. The van der Waals surface area contributed by atoms with Gasteiger partial charge in [0, 0.05) is 67.1 Å². The van der Waals surface area contributed by atoms with E-state index < -0.39 is 23.7 Å². The van der Waals surface area contributed by atoms with E-state index in [-0.39, 0.29) is 28.6 Å². The molecule has 1 atom stereocenters. The van der Waals surface area contributed by atoms with E-state index in [0.29, 0.717) is 50.3 Å². The highest BCUT2D eigenvalue weighted by molar-refractivity contribution is 7.09. The van der Waals surface area contributed by atoms with E-state index >= 15 is 0 Å². The van der Waals surface area contributed by atoms with Crippen LogP contribution in [0.15, 0.2) is 29.8 Å². The Morgan fingerprint density at radius 2 is 1.70 bits per heavy atom. The Balaban J connectivity index is 1.21. The van der Waals surface area contributed by atoms with Gasteiger partial charge in [0.25, 0.3) is 0 Å². The third-order valence-corrected chi connectivity index (χ3v) is 7.99. The number of likely N-dealkylation sites (tertiary alicyclic amines) is 1. The second kappa shape index (κ2) is 11.0. The number of methoxy groups -OCH3 is 1. The molecule has 0 saturated carbocycles. The van der Waals surface area contributed by atoms with Gasteiger partial charge in [0.2, 0.25) is 0 Å². The summed E-state index contributed by atoms with van der Waals surface area (Å²) in [4.78, 5) is 6.54. The van der Waals surface area contributed by atoms with E-state index in [2.05, 4.69) is 15.7 Å². The van der Waals surface area contributed by atoms with Crippen molar-refractivity contribution in [2.45, 2.75) is 50.4 Å². The zero-order valence-corrected chi connectivity index (χ0v) is 21.9. The number of nitrogens with zero attached hydrogens (tertiary/aromatic N) is 4. The van der Waals surface area contributed by atoms with Crippen molar-refractivity contribution in [1.82, 2.24) is 30.3 Å². The number of alkyl halides is 6. The van der Waals surface area contributed by atoms with E-state index in [0.717, 1.165) is 22.5 Å². The first-order valence-electron chi connectivity index (χ1n) is 12.4. The molecule has 0 bridgehead atoms. The Labute approximate surface area is 228 Å². The Hall–Kier alpha value is -3.17. The van der Waals surface area contributed by atoms with Crippen LogP contribution < -0.4 is 15.4 Å². The van der Waals surface area contributed by atoms with Gasteiger partial charge in [0.05, 0.1) is 17.8 Å². The van der Waals surface area contributed by atoms with Crippen LogP contribution in [0.2, 0.25) is 0 Å². The minimum Gasteiger partial charge on any atom is -0.496 e. The number of ether oxygens (including phenoxy) is 1. The Morgan fingerprint density at radius 1 is 1.00 bits per heavy atom. The molecule has 0 spiro atoms. The van der Waals surface area contributed by atoms with Gasteiger partial charge in [-0.1, -0.05) is 0 Å². The third-order valence-electron chi connectivity index (χ3n) is 6.97. The fourth-order valence-electron chi connectivity index (χ4n) is 4.84. The van der Waals surface area contributed by atoms with Crippen LogP contribution in [0.4, 0.5) is 30.7 Å². The second-order valence-corrected chi connectivity index (χ2v) is 10.4. The van der Waals surface area contributed by atoms with Gasteiger partial charge in [-0.15, -0.1) is 11.3 Å². The maximum atomic E-state index is 14.4. The van der Waals surface area contributed by atoms with E-state index in [1.165, 1.54) is 30.7 Å². The number of hydrogen-bond acceptors (Lipinski definition) is 7. The number of rotatable bonds is 5. The quantitative estimate of drug-likeness (QED) is 0.371. The van der Waals surface area contributed by atoms with Crippen LogP contribution >= 0.6 is 11.3 Å². The Kier molecular flexibility index (Phi) is 7.81. The lowest BCUT2D eigenvalue weighted by molar-refractivity contribution is -0.143. The number of piperidine rings is 1. The molecule has 4 heterocycles. The molecule has 1 unspecified atom stereocenters. The molecule has 15 heteroatoms. The predicted molar refractivity (Wildman–Crippen MR) is 133 cm³/mol. The van der Waals surface area contributed by atoms with Gasteiger partial charge < -0.3 is 9.64 Å². The standard InChI is InChI=1S/C25H25F7N6OS/c1-39-19-3-2-17(26)15-11-33-22(34-12-16(15)19)18-13-40-23(35-18)14-4-6-37(7-5-14)8-9-38-21(25(30,31)32)10-20(36-38)24(27,28)29/h2-3,8-10,13-14,22,33-34H,4-7,11-12H2,1H3. The van der Waals surface area contributed by atoms with Crippen molar-refractivity contribution in [2.24, 2.45) is 0 Å². The molecule has 1 fully saturated rings. The van der Waals surface area contributed by atoms with Gasteiger partial charge in [-0.25, -0.2) is 14.1 Å². The molecule has 5 rings (SSSR count). The first-order valence-corrected chi connectivity index (χ1v) is 13.2. The summed E-state index contributed by atoms with van der Waals surface area (Å²) >= 11 is 1.50. The van der Waals surface area contributed by atoms with Crippen molar-refractivity contribution >= 4 is 17.5 Å². The number of halogens is 7. The predicted octanol–water partition coefficient (Wildman–Crippen LogP) is 5.72. The summed E-state index contributed by atoms with van der Waals surface area (Å²) in [6.45, 7) is 1.66. The van der Waals surface area contributed by atoms with Crippen LogP contribution in [-0.2, 0) is 25.4 Å². The summed E-state index contributed by atoms with van der Waals surface area (Å²) < 4.78 is 98.4. The summed E-state index contributed by atoms with van der Waals surface area (Å²) in [5.74, 6) is 0.416. The third kappa shape index (κ3) is 5.95. The van der Waals surface area contributed by atoms with Gasteiger partial charge in [0.15, 0.2) is 5.69 Å². The lowest BCUT2D eigenvalue weighted by Crippen LogP contribution is -2.31. The van der Waals surface area contributed by atoms with E-state index in [4.69, 9.17) is 9.72 Å². The molecule has 1 saturated heterocycles. The molecule has 0 aliphatic carbocycles. The van der Waals surface area contributed by atoms with Crippen molar-refractivity contribution in [2.75, 3.05) is 20.2 Å². The number of fused-ring (bicyclic) bond motifs is 1. The summed E-state index contributed by atoms with van der Waals surface area (Å²) in [7, 11) is 1.54. The van der Waals surface area contributed by atoms with Crippen molar-refractivity contribution in [3.8, 4) is 5.75 Å². The van der Waals surface area contributed by atoms with Crippen LogP contribution in [0.5, 0.6) is 5.75 Å². The second-order valence-electron chi connectivity index (χ2n) is 9.48. The van der Waals surface area contributed by atoms with Crippen molar-refractivity contribution in [3.63, 3.8) is 0 Å². The van der Waals surface area contributed by atoms with Crippen molar-refractivity contribution in [1.29, 1.82) is 0 Å². The topological polar surface area (TPSA) is 67.2 Å². The van der Waals surface area contributed by atoms with Crippen molar-refractivity contribution in [3.05, 3.63) is 68.8 Å². The normalized spacial score (nSPS) is 19.2. The van der Waals surface area contributed by atoms with Gasteiger partial charge in [-0.3, -0.25) is 10.6 Å². The molecule has 0 radical (unpaired) electrons. The average molecular weight is 591 g/mol. The van der Waals surface area contributed by atoms with Crippen LogP contribution in [0.3, 0.4) is 0 Å². The smallest absolute Gasteiger partial charge is 0.435 e.